The number of hydrogen-bond acceptors (Lipinski definition) is 9. The number of nitrogen functional groups attached to an aromatic ring is 1. The zero-order valence-electron chi connectivity index (χ0n) is 24.4. The van der Waals surface area contributed by atoms with Crippen molar-refractivity contribution in [3.63, 3.8) is 0 Å². The van der Waals surface area contributed by atoms with Crippen LogP contribution in [-0.2, 0) is 4.74 Å². The van der Waals surface area contributed by atoms with Gasteiger partial charge in [0.25, 0.3) is 0 Å². The van der Waals surface area contributed by atoms with Gasteiger partial charge in [-0.15, -0.1) is 12.4 Å². The summed E-state index contributed by atoms with van der Waals surface area (Å²) in [6, 6.07) is 13.7. The number of nitrogens with two attached hydrogens (primary N) is 1. The van der Waals surface area contributed by atoms with Crippen LogP contribution in [0.3, 0.4) is 0 Å². The number of benzene rings is 2. The Bertz CT molecular complexity index is 2270. The number of anilines is 1. The number of fused-ring (bicyclic) bond motifs is 7. The molecule has 1 aliphatic heterocycles. The van der Waals surface area contributed by atoms with Crippen molar-refractivity contribution in [2.24, 2.45) is 0 Å². The second kappa shape index (κ2) is 11.9. The molecule has 16 heteroatoms. The van der Waals surface area contributed by atoms with Gasteiger partial charge < -0.3 is 30.7 Å². The first-order valence-electron chi connectivity index (χ1n) is 14.0. The smallest absolute Gasteiger partial charge is 0.351 e. The maximum Gasteiger partial charge on any atom is 0.351 e. The van der Waals surface area contributed by atoms with E-state index < -0.39 is 36.7 Å². The van der Waals surface area contributed by atoms with E-state index in [9.17, 15) is 23.1 Å². The molecule has 0 spiro atoms. The van der Waals surface area contributed by atoms with E-state index in [4.69, 9.17) is 20.6 Å². The van der Waals surface area contributed by atoms with Crippen molar-refractivity contribution in [1.82, 2.24) is 34.5 Å². The Morgan fingerprint density at radius 2 is 1.70 bits per heavy atom. The maximum atomic E-state index is 13.9. The van der Waals surface area contributed by atoms with Gasteiger partial charge in [0, 0.05) is 51.5 Å². The summed E-state index contributed by atoms with van der Waals surface area (Å²) in [6.45, 7) is 1.18. The highest BCUT2D eigenvalue weighted by molar-refractivity contribution is 6.21. The number of hydrogen-bond donors (Lipinski definition) is 5. The van der Waals surface area contributed by atoms with Crippen LogP contribution in [0.25, 0.3) is 55.1 Å². The second-order valence-electron chi connectivity index (χ2n) is 10.8. The van der Waals surface area contributed by atoms with E-state index >= 15 is 0 Å². The SMILES string of the molecule is Cc1[nH]c2ccc(F)cc2c1-c1nc2c3cccnc3c3ncccc3c2[nH]1.Cl.Nc1ccn(C2OC(CO)C(O)C2(F)F)c(=O)n1. The fourth-order valence-corrected chi connectivity index (χ4v) is 5.79. The van der Waals surface area contributed by atoms with Crippen molar-refractivity contribution in [3.8, 4) is 11.4 Å². The molecule has 5 aromatic heterocycles. The molecule has 3 atom stereocenters. The summed E-state index contributed by atoms with van der Waals surface area (Å²) in [5.41, 5.74) is 10.3. The molecule has 6 heterocycles. The standard InChI is InChI=1S/C22H14FN5.C9H11F2N3O4.ClH/c1-11-17(15-10-12(23)6-7-16(15)26-11)22-27-20-13-4-2-8-24-18(13)19-14(21(20)28-22)5-3-9-25-19;10-9(11)6(16)4(3-15)18-7(9)14-2-1-5(12)13-8(14)17;/h2-10,26H,1H3,(H,27,28);1-2,4,6-7,15-16H,3H2,(H2,12,13,17);1H. The van der Waals surface area contributed by atoms with Gasteiger partial charge in [-0.25, -0.2) is 14.2 Å². The number of nitrogens with zero attached hydrogens (tertiary/aromatic N) is 5. The molecule has 0 amide bonds. The molecule has 0 bridgehead atoms. The molecule has 6 N–H and O–H groups in total. The third-order valence-electron chi connectivity index (χ3n) is 7.92. The van der Waals surface area contributed by atoms with Gasteiger partial charge in [0.1, 0.15) is 23.6 Å². The van der Waals surface area contributed by atoms with Crippen molar-refractivity contribution in [3.05, 3.63) is 89.1 Å². The van der Waals surface area contributed by atoms with Crippen LogP contribution < -0.4 is 11.4 Å². The first-order chi connectivity index (χ1) is 22.1. The van der Waals surface area contributed by atoms with Gasteiger partial charge in [-0.05, 0) is 55.5 Å². The average molecular weight is 667 g/mol. The average Bonchev–Trinajstić information content (AvgIpc) is 3.69. The molecule has 12 nitrogen and oxygen atoms in total. The molecule has 47 heavy (non-hydrogen) atoms. The van der Waals surface area contributed by atoms with Gasteiger partial charge in [0.05, 0.1) is 28.7 Å². The predicted octanol–water partition coefficient (Wildman–Crippen LogP) is 4.39. The first kappa shape index (κ1) is 31.9. The minimum absolute atomic E-state index is 0. The number of nitrogens with one attached hydrogen (secondary N) is 2. The van der Waals surface area contributed by atoms with Crippen LogP contribution >= 0.6 is 12.4 Å². The Balaban J connectivity index is 0.000000178. The largest absolute Gasteiger partial charge is 0.394 e. The monoisotopic (exact) mass is 666 g/mol. The van der Waals surface area contributed by atoms with Crippen molar-refractivity contribution in [2.45, 2.75) is 31.3 Å². The summed E-state index contributed by atoms with van der Waals surface area (Å²) < 4.78 is 46.6. The lowest BCUT2D eigenvalue weighted by molar-refractivity contribution is -0.140. The molecule has 0 radical (unpaired) electrons. The summed E-state index contributed by atoms with van der Waals surface area (Å²) in [6.07, 6.45) is -1.15. The number of aryl methyl sites for hydroxylation is 1. The second-order valence-corrected chi connectivity index (χ2v) is 10.8. The Hall–Kier alpha value is -5.09. The number of aliphatic hydroxyl groups is 2. The summed E-state index contributed by atoms with van der Waals surface area (Å²) in [7, 11) is 0. The highest BCUT2D eigenvalue weighted by Crippen LogP contribution is 2.42. The van der Waals surface area contributed by atoms with Gasteiger partial charge in [0.2, 0.25) is 6.23 Å². The van der Waals surface area contributed by atoms with E-state index in [1.165, 1.54) is 6.07 Å². The van der Waals surface area contributed by atoms with E-state index in [-0.39, 0.29) is 24.0 Å². The van der Waals surface area contributed by atoms with E-state index in [1.54, 1.807) is 24.5 Å². The zero-order chi connectivity index (χ0) is 32.3. The fourth-order valence-electron chi connectivity index (χ4n) is 5.79. The number of halogens is 4. The van der Waals surface area contributed by atoms with Gasteiger partial charge in [-0.2, -0.15) is 13.8 Å². The number of alkyl halides is 2. The lowest BCUT2D eigenvalue weighted by Gasteiger charge is -2.20. The van der Waals surface area contributed by atoms with Crippen molar-refractivity contribution in [1.29, 1.82) is 0 Å². The molecule has 8 rings (SSSR count). The molecule has 242 valence electrons. The topological polar surface area (TPSA) is 181 Å². The lowest BCUT2D eigenvalue weighted by atomic mass is 10.1. The molecule has 3 unspecified atom stereocenters. The van der Waals surface area contributed by atoms with Crippen molar-refractivity contribution >= 4 is 62.0 Å². The number of pyridine rings is 2. The minimum atomic E-state index is -3.71. The van der Waals surface area contributed by atoms with Gasteiger partial charge in [-0.1, -0.05) is 0 Å². The summed E-state index contributed by atoms with van der Waals surface area (Å²) in [4.78, 5) is 35.5. The van der Waals surface area contributed by atoms with Gasteiger partial charge in [0.15, 0.2) is 6.10 Å². The number of aromatic amines is 2. The molecule has 1 aliphatic rings. The van der Waals surface area contributed by atoms with Crippen LogP contribution in [0.1, 0.15) is 11.9 Å². The molecule has 1 saturated heterocycles. The Kier molecular flexibility index (Phi) is 8.09. The van der Waals surface area contributed by atoms with Crippen molar-refractivity contribution in [2.75, 3.05) is 12.3 Å². The lowest BCUT2D eigenvalue weighted by Crippen LogP contribution is -2.41. The highest BCUT2D eigenvalue weighted by atomic mass is 35.5. The molecule has 7 aromatic rings. The Labute approximate surface area is 268 Å². The predicted molar refractivity (Wildman–Crippen MR) is 171 cm³/mol. The van der Waals surface area contributed by atoms with E-state index in [0.717, 1.165) is 67.3 Å². The molecular weight excluding hydrogens is 641 g/mol. The van der Waals surface area contributed by atoms with E-state index in [1.807, 2.05) is 31.2 Å². The van der Waals surface area contributed by atoms with Gasteiger partial charge >= 0.3 is 11.6 Å². The van der Waals surface area contributed by atoms with Crippen molar-refractivity contribution < 1.29 is 28.1 Å². The van der Waals surface area contributed by atoms with E-state index in [0.29, 0.717) is 10.4 Å². The highest BCUT2D eigenvalue weighted by Gasteiger charge is 2.59. The molecule has 0 aliphatic carbocycles. The molecule has 2 aromatic carbocycles. The van der Waals surface area contributed by atoms with Gasteiger partial charge in [-0.3, -0.25) is 14.5 Å². The maximum absolute atomic E-state index is 13.9. The van der Waals surface area contributed by atoms with E-state index in [2.05, 4.69) is 24.9 Å². The third kappa shape index (κ3) is 5.22. The molecular formula is C31H26ClF3N8O4. The Morgan fingerprint density at radius 3 is 2.38 bits per heavy atom. The summed E-state index contributed by atoms with van der Waals surface area (Å²) in [5, 5.41) is 20.8. The number of H-pyrrole nitrogens is 2. The fraction of sp³-hybridized carbons (Fsp3) is 0.194. The van der Waals surface area contributed by atoms with Crippen LogP contribution in [0.4, 0.5) is 19.0 Å². The number of imidazole rings is 1. The number of ether oxygens (including phenoxy) is 1. The molecule has 0 saturated carbocycles. The number of aromatic nitrogens is 7. The number of rotatable bonds is 3. The van der Waals surface area contributed by atoms with Crippen LogP contribution in [0.2, 0.25) is 0 Å². The van der Waals surface area contributed by atoms with Crippen LogP contribution in [-0.4, -0.2) is 69.4 Å². The summed E-state index contributed by atoms with van der Waals surface area (Å²) in [5.74, 6) is -3.40. The summed E-state index contributed by atoms with van der Waals surface area (Å²) >= 11 is 0. The quantitative estimate of drug-likeness (QED) is 0.171. The number of aliphatic hydroxyl groups excluding tert-OH is 2. The van der Waals surface area contributed by atoms with Crippen LogP contribution in [0, 0.1) is 12.7 Å². The third-order valence-corrected chi connectivity index (χ3v) is 7.92. The minimum Gasteiger partial charge on any atom is -0.394 e. The zero-order valence-corrected chi connectivity index (χ0v) is 25.2. The van der Waals surface area contributed by atoms with Crippen LogP contribution in [0.15, 0.2) is 71.9 Å². The van der Waals surface area contributed by atoms with Crippen LogP contribution in [0.5, 0.6) is 0 Å². The Morgan fingerprint density at radius 1 is 1.00 bits per heavy atom. The normalized spacial score (nSPS) is 18.8. The first-order valence-corrected chi connectivity index (χ1v) is 14.0. The molecule has 1 fully saturated rings.